The Bertz CT molecular complexity index is 1020. The molecule has 1 amide bonds. The van der Waals surface area contributed by atoms with Gasteiger partial charge in [-0.05, 0) is 38.0 Å². The molecule has 0 saturated carbocycles. The number of amides is 1. The van der Waals surface area contributed by atoms with Crippen molar-refractivity contribution in [2.24, 2.45) is 0 Å². The molecular formula is C24H29N5O2S. The molecule has 168 valence electrons. The topological polar surface area (TPSA) is 72.3 Å². The highest BCUT2D eigenvalue weighted by molar-refractivity contribution is 8.00. The first-order valence-corrected chi connectivity index (χ1v) is 11.8. The Labute approximate surface area is 193 Å². The number of benzene rings is 2. The summed E-state index contributed by atoms with van der Waals surface area (Å²) >= 11 is 1.43. The number of aromatic nitrogens is 3. The summed E-state index contributed by atoms with van der Waals surface area (Å²) < 4.78 is 7.54. The van der Waals surface area contributed by atoms with Crippen molar-refractivity contribution in [3.63, 3.8) is 0 Å². The highest BCUT2D eigenvalue weighted by Gasteiger charge is 2.24. The monoisotopic (exact) mass is 451 g/mol. The van der Waals surface area contributed by atoms with Crippen LogP contribution >= 0.6 is 11.8 Å². The van der Waals surface area contributed by atoms with Gasteiger partial charge in [0, 0.05) is 19.6 Å². The number of nitrogens with zero attached hydrogens (tertiary/aromatic N) is 4. The van der Waals surface area contributed by atoms with Gasteiger partial charge in [0.2, 0.25) is 11.9 Å². The Kier molecular flexibility index (Phi) is 7.44. The Morgan fingerprint density at radius 2 is 1.81 bits per heavy atom. The van der Waals surface area contributed by atoms with E-state index in [0.29, 0.717) is 24.9 Å². The maximum atomic E-state index is 12.7. The first kappa shape index (κ1) is 22.4. The molecule has 32 heavy (non-hydrogen) atoms. The van der Waals surface area contributed by atoms with Gasteiger partial charge in [-0.25, -0.2) is 0 Å². The van der Waals surface area contributed by atoms with Crippen molar-refractivity contribution >= 4 is 23.6 Å². The largest absolute Gasteiger partial charge is 0.378 e. The first-order valence-electron chi connectivity index (χ1n) is 11.0. The predicted molar refractivity (Wildman–Crippen MR) is 128 cm³/mol. The molecule has 0 aliphatic carbocycles. The molecule has 8 heteroatoms. The van der Waals surface area contributed by atoms with E-state index in [1.165, 1.54) is 22.9 Å². The lowest BCUT2D eigenvalue weighted by Gasteiger charge is -2.28. The van der Waals surface area contributed by atoms with Gasteiger partial charge >= 0.3 is 0 Å². The zero-order valence-electron chi connectivity index (χ0n) is 18.5. The number of ether oxygens (including phenoxy) is 1. The van der Waals surface area contributed by atoms with Gasteiger partial charge in [0.25, 0.3) is 0 Å². The fraction of sp³-hybridized carbons (Fsp3) is 0.375. The molecule has 0 spiro atoms. The summed E-state index contributed by atoms with van der Waals surface area (Å²) in [6, 6.07) is 18.5. The summed E-state index contributed by atoms with van der Waals surface area (Å²) in [5.74, 6) is 0.786. The maximum Gasteiger partial charge on any atom is 0.233 e. The van der Waals surface area contributed by atoms with Gasteiger partial charge in [0.05, 0.1) is 24.2 Å². The van der Waals surface area contributed by atoms with Crippen molar-refractivity contribution in [2.75, 3.05) is 37.7 Å². The smallest absolute Gasteiger partial charge is 0.233 e. The van der Waals surface area contributed by atoms with Crippen molar-refractivity contribution in [1.29, 1.82) is 0 Å². The Morgan fingerprint density at radius 1 is 1.09 bits per heavy atom. The summed E-state index contributed by atoms with van der Waals surface area (Å²) in [5, 5.41) is 12.4. The van der Waals surface area contributed by atoms with Crippen LogP contribution < -0.4 is 10.2 Å². The summed E-state index contributed by atoms with van der Waals surface area (Å²) in [7, 11) is 0. The minimum Gasteiger partial charge on any atom is -0.378 e. The second kappa shape index (κ2) is 10.7. The van der Waals surface area contributed by atoms with Crippen LogP contribution in [-0.4, -0.2) is 58.8 Å². The number of carbonyl (C=O) groups excluding carboxylic acids is 1. The summed E-state index contributed by atoms with van der Waals surface area (Å²) in [6.07, 6.45) is 0.810. The number of morpholine rings is 1. The molecule has 1 aromatic heterocycles. The molecule has 2 heterocycles. The number of rotatable bonds is 8. The molecule has 1 aliphatic heterocycles. The molecule has 0 radical (unpaired) electrons. The highest BCUT2D eigenvalue weighted by atomic mass is 32.2. The molecule has 3 aromatic rings. The van der Waals surface area contributed by atoms with Crippen molar-refractivity contribution in [3.8, 4) is 5.69 Å². The third-order valence-corrected chi connectivity index (χ3v) is 6.45. The fourth-order valence-electron chi connectivity index (χ4n) is 3.56. The second-order valence-corrected chi connectivity index (χ2v) is 9.15. The highest BCUT2D eigenvalue weighted by Crippen LogP contribution is 2.29. The minimum absolute atomic E-state index is 0.00249. The molecule has 1 unspecified atom stereocenters. The average Bonchev–Trinajstić information content (AvgIpc) is 3.24. The lowest BCUT2D eigenvalue weighted by Crippen LogP contribution is -2.38. The Hall–Kier alpha value is -2.84. The minimum atomic E-state index is -0.295. The van der Waals surface area contributed by atoms with Crippen LogP contribution in [0.5, 0.6) is 0 Å². The number of anilines is 1. The fourth-order valence-corrected chi connectivity index (χ4v) is 4.44. The summed E-state index contributed by atoms with van der Waals surface area (Å²) in [4.78, 5) is 14.9. The Balaban J connectivity index is 1.47. The van der Waals surface area contributed by atoms with E-state index in [1.807, 2.05) is 29.7 Å². The lowest BCUT2D eigenvalue weighted by atomic mass is 10.1. The van der Waals surface area contributed by atoms with E-state index in [-0.39, 0.29) is 11.2 Å². The summed E-state index contributed by atoms with van der Waals surface area (Å²) in [6.45, 7) is 7.46. The standard InChI is InChI=1S/C24H29N5O2S/c1-18-8-10-21(11-9-18)29-23(28-14-16-31-17-15-28)26-27-24(29)32-19(2)22(30)25-13-12-20-6-4-3-5-7-20/h3-11,19H,12-17H2,1-2H3,(H,25,30). The molecule has 1 saturated heterocycles. The average molecular weight is 452 g/mol. The number of nitrogens with one attached hydrogen (secondary N) is 1. The van der Waals surface area contributed by atoms with Crippen LogP contribution in [0.3, 0.4) is 0 Å². The molecule has 1 atom stereocenters. The van der Waals surface area contributed by atoms with Gasteiger partial charge < -0.3 is 15.0 Å². The number of hydrogen-bond acceptors (Lipinski definition) is 6. The number of carbonyl (C=O) groups is 1. The maximum absolute atomic E-state index is 12.7. The quantitative estimate of drug-likeness (QED) is 0.530. The van der Waals surface area contributed by atoms with Crippen LogP contribution in [0, 0.1) is 6.92 Å². The lowest BCUT2D eigenvalue weighted by molar-refractivity contribution is -0.120. The molecule has 7 nitrogen and oxygen atoms in total. The van der Waals surface area contributed by atoms with Gasteiger partial charge in [-0.2, -0.15) is 0 Å². The third-order valence-electron chi connectivity index (χ3n) is 5.41. The van der Waals surface area contributed by atoms with Crippen molar-refractivity contribution < 1.29 is 9.53 Å². The molecule has 1 N–H and O–H groups in total. The SMILES string of the molecule is Cc1ccc(-n2c(SC(C)C(=O)NCCc3ccccc3)nnc2N2CCOCC2)cc1. The van der Waals surface area contributed by atoms with Crippen molar-refractivity contribution in [2.45, 2.75) is 30.7 Å². The molecule has 0 bridgehead atoms. The van der Waals surface area contributed by atoms with Crippen LogP contribution in [0.4, 0.5) is 5.95 Å². The van der Waals surface area contributed by atoms with Crippen molar-refractivity contribution in [3.05, 3.63) is 65.7 Å². The van der Waals surface area contributed by atoms with E-state index in [0.717, 1.165) is 31.1 Å². The van der Waals surface area contributed by atoms with Crippen LogP contribution in [0.15, 0.2) is 59.8 Å². The zero-order valence-corrected chi connectivity index (χ0v) is 19.3. The van der Waals surface area contributed by atoms with E-state index >= 15 is 0 Å². The molecule has 1 aliphatic rings. The van der Waals surface area contributed by atoms with Crippen molar-refractivity contribution in [1.82, 2.24) is 20.1 Å². The van der Waals surface area contributed by atoms with Crippen LogP contribution in [0.2, 0.25) is 0 Å². The molecule has 4 rings (SSSR count). The van der Waals surface area contributed by atoms with E-state index in [4.69, 9.17) is 4.74 Å². The van der Waals surface area contributed by atoms with Crippen LogP contribution in [0.1, 0.15) is 18.1 Å². The predicted octanol–water partition coefficient (Wildman–Crippen LogP) is 3.25. The Morgan fingerprint density at radius 3 is 2.53 bits per heavy atom. The van der Waals surface area contributed by atoms with Gasteiger partial charge in [0.1, 0.15) is 0 Å². The van der Waals surface area contributed by atoms with Gasteiger partial charge in [-0.1, -0.05) is 59.8 Å². The van der Waals surface area contributed by atoms with Gasteiger partial charge in [-0.15, -0.1) is 10.2 Å². The molecular weight excluding hydrogens is 422 g/mol. The van der Waals surface area contributed by atoms with E-state index < -0.39 is 0 Å². The second-order valence-electron chi connectivity index (χ2n) is 7.84. The van der Waals surface area contributed by atoms with Crippen LogP contribution in [0.25, 0.3) is 5.69 Å². The zero-order chi connectivity index (χ0) is 22.3. The van der Waals surface area contributed by atoms with Gasteiger partial charge in [0.15, 0.2) is 5.16 Å². The third kappa shape index (κ3) is 5.49. The summed E-state index contributed by atoms with van der Waals surface area (Å²) in [5.41, 5.74) is 3.39. The van der Waals surface area contributed by atoms with Crippen LogP contribution in [-0.2, 0) is 16.0 Å². The number of hydrogen-bond donors (Lipinski definition) is 1. The van der Waals surface area contributed by atoms with Gasteiger partial charge in [-0.3, -0.25) is 9.36 Å². The first-order chi connectivity index (χ1) is 15.6. The van der Waals surface area contributed by atoms with E-state index in [1.54, 1.807) is 0 Å². The molecule has 2 aromatic carbocycles. The number of thioether (sulfide) groups is 1. The number of aryl methyl sites for hydroxylation is 1. The van der Waals surface area contributed by atoms with E-state index in [2.05, 4.69) is 63.7 Å². The normalized spacial score (nSPS) is 14.9. The van der Waals surface area contributed by atoms with E-state index in [9.17, 15) is 4.79 Å². The molecule has 1 fully saturated rings.